The molecule has 104 valence electrons. The maximum absolute atomic E-state index is 12.4. The minimum atomic E-state index is -0.0575. The van der Waals surface area contributed by atoms with Crippen molar-refractivity contribution in [1.82, 2.24) is 10.3 Å². The summed E-state index contributed by atoms with van der Waals surface area (Å²) in [5.74, 6) is 2.13. The summed E-state index contributed by atoms with van der Waals surface area (Å²) in [4.78, 5) is 16.6. The molecule has 3 nitrogen and oxygen atoms in total. The average molecular weight is 307 g/mol. The van der Waals surface area contributed by atoms with E-state index in [0.29, 0.717) is 10.7 Å². The van der Waals surface area contributed by atoms with Crippen LogP contribution in [0.5, 0.6) is 0 Å². The molecule has 1 amide bonds. The quantitative estimate of drug-likeness (QED) is 0.863. The molecule has 0 aliphatic carbocycles. The van der Waals surface area contributed by atoms with Gasteiger partial charge in [-0.3, -0.25) is 4.79 Å². The number of nitrogens with one attached hydrogen (secondary N) is 1. The molecule has 1 aromatic heterocycles. The van der Waals surface area contributed by atoms with Crippen molar-refractivity contribution in [2.24, 2.45) is 0 Å². The van der Waals surface area contributed by atoms with Gasteiger partial charge in [-0.2, -0.15) is 11.8 Å². The Morgan fingerprint density at radius 3 is 2.90 bits per heavy atom. The zero-order valence-electron chi connectivity index (χ0n) is 10.9. The fourth-order valence-electron chi connectivity index (χ4n) is 2.46. The maximum Gasteiger partial charge on any atom is 0.253 e. The van der Waals surface area contributed by atoms with Crippen LogP contribution in [-0.2, 0) is 0 Å². The lowest BCUT2D eigenvalue weighted by Gasteiger charge is -2.22. The SMILES string of the molecule is O=C(NC1CCCSC1)c1cnc(Cl)c2ccccc12. The van der Waals surface area contributed by atoms with Gasteiger partial charge in [0.1, 0.15) is 5.15 Å². The molecule has 1 fully saturated rings. The number of nitrogens with zero attached hydrogens (tertiary/aromatic N) is 1. The second-order valence-corrected chi connectivity index (χ2v) is 6.40. The first kappa shape index (κ1) is 13.7. The minimum Gasteiger partial charge on any atom is -0.348 e. The third-order valence-electron chi connectivity index (χ3n) is 3.49. The number of pyridine rings is 1. The second kappa shape index (κ2) is 6.02. The molecule has 1 aliphatic rings. The van der Waals surface area contributed by atoms with Crippen LogP contribution in [0.3, 0.4) is 0 Å². The average Bonchev–Trinajstić information content (AvgIpc) is 2.49. The van der Waals surface area contributed by atoms with E-state index in [4.69, 9.17) is 11.6 Å². The van der Waals surface area contributed by atoms with Crippen LogP contribution in [0.1, 0.15) is 23.2 Å². The fourth-order valence-corrected chi connectivity index (χ4v) is 3.74. The first-order valence-electron chi connectivity index (χ1n) is 6.67. The van der Waals surface area contributed by atoms with E-state index in [1.165, 1.54) is 5.75 Å². The summed E-state index contributed by atoms with van der Waals surface area (Å²) in [6.07, 6.45) is 3.78. The van der Waals surface area contributed by atoms with E-state index < -0.39 is 0 Å². The third-order valence-corrected chi connectivity index (χ3v) is 5.00. The predicted molar refractivity (Wildman–Crippen MR) is 84.6 cm³/mol. The molecular weight excluding hydrogens is 292 g/mol. The smallest absolute Gasteiger partial charge is 0.253 e. The third kappa shape index (κ3) is 2.76. The van der Waals surface area contributed by atoms with Crippen LogP contribution in [-0.4, -0.2) is 28.4 Å². The molecule has 1 aromatic carbocycles. The molecule has 0 spiro atoms. The Kier molecular flexibility index (Phi) is 4.13. The highest BCUT2D eigenvalue weighted by Crippen LogP contribution is 2.24. The van der Waals surface area contributed by atoms with Gasteiger partial charge < -0.3 is 5.32 Å². The van der Waals surface area contributed by atoms with Gasteiger partial charge in [-0.1, -0.05) is 35.9 Å². The molecular formula is C15H15ClN2OS. The van der Waals surface area contributed by atoms with E-state index >= 15 is 0 Å². The van der Waals surface area contributed by atoms with Gasteiger partial charge in [-0.05, 0) is 24.0 Å². The molecule has 0 radical (unpaired) electrons. The van der Waals surface area contributed by atoms with Gasteiger partial charge in [0.2, 0.25) is 0 Å². The molecule has 2 aromatic rings. The van der Waals surface area contributed by atoms with Crippen molar-refractivity contribution >= 4 is 40.0 Å². The van der Waals surface area contributed by atoms with E-state index in [9.17, 15) is 4.79 Å². The number of rotatable bonds is 2. The largest absolute Gasteiger partial charge is 0.348 e. The topological polar surface area (TPSA) is 42.0 Å². The van der Waals surface area contributed by atoms with Gasteiger partial charge in [0.05, 0.1) is 5.56 Å². The Morgan fingerprint density at radius 2 is 2.15 bits per heavy atom. The number of hydrogen-bond acceptors (Lipinski definition) is 3. The van der Waals surface area contributed by atoms with Crippen LogP contribution in [0.25, 0.3) is 10.8 Å². The van der Waals surface area contributed by atoms with Gasteiger partial charge in [-0.25, -0.2) is 4.98 Å². The number of amides is 1. The normalized spacial score (nSPS) is 18.9. The van der Waals surface area contributed by atoms with E-state index in [0.717, 1.165) is 29.4 Å². The summed E-state index contributed by atoms with van der Waals surface area (Å²) in [5, 5.41) is 5.21. The van der Waals surface area contributed by atoms with Crippen molar-refractivity contribution in [2.75, 3.05) is 11.5 Å². The summed E-state index contributed by atoms with van der Waals surface area (Å²) in [7, 11) is 0. The zero-order valence-corrected chi connectivity index (χ0v) is 12.5. The molecule has 20 heavy (non-hydrogen) atoms. The predicted octanol–water partition coefficient (Wildman–Crippen LogP) is 3.51. The van der Waals surface area contributed by atoms with E-state index in [2.05, 4.69) is 10.3 Å². The van der Waals surface area contributed by atoms with Crippen LogP contribution in [0.2, 0.25) is 5.15 Å². The Balaban J connectivity index is 1.89. The standard InChI is InChI=1S/C15H15ClN2OS/c16-14-12-6-2-1-5-11(12)13(8-17-14)15(19)18-10-4-3-7-20-9-10/h1-2,5-6,8,10H,3-4,7,9H2,(H,18,19). The van der Waals surface area contributed by atoms with Gasteiger partial charge in [0.25, 0.3) is 5.91 Å². The Bertz CT molecular complexity index is 641. The summed E-state index contributed by atoms with van der Waals surface area (Å²) < 4.78 is 0. The number of aromatic nitrogens is 1. The molecule has 1 saturated heterocycles. The van der Waals surface area contributed by atoms with Crippen LogP contribution in [0.15, 0.2) is 30.5 Å². The summed E-state index contributed by atoms with van der Waals surface area (Å²) in [6, 6.07) is 7.86. The summed E-state index contributed by atoms with van der Waals surface area (Å²) >= 11 is 7.97. The van der Waals surface area contributed by atoms with Gasteiger partial charge in [-0.15, -0.1) is 0 Å². The first-order chi connectivity index (χ1) is 9.75. The Morgan fingerprint density at radius 1 is 1.35 bits per heavy atom. The van der Waals surface area contributed by atoms with E-state index in [-0.39, 0.29) is 11.9 Å². The number of carbonyl (C=O) groups is 1. The number of carbonyl (C=O) groups excluding carboxylic acids is 1. The second-order valence-electron chi connectivity index (χ2n) is 4.90. The molecule has 1 atom stereocenters. The monoisotopic (exact) mass is 306 g/mol. The lowest BCUT2D eigenvalue weighted by molar-refractivity contribution is 0.0940. The first-order valence-corrected chi connectivity index (χ1v) is 8.21. The molecule has 2 heterocycles. The summed E-state index contributed by atoms with van der Waals surface area (Å²) in [5.41, 5.74) is 0.598. The summed E-state index contributed by atoms with van der Waals surface area (Å²) in [6.45, 7) is 0. The Labute approximate surface area is 127 Å². The molecule has 0 bridgehead atoms. The van der Waals surface area contributed by atoms with E-state index in [1.54, 1.807) is 6.20 Å². The molecule has 0 saturated carbocycles. The lowest BCUT2D eigenvalue weighted by atomic mass is 10.1. The molecule has 1 aliphatic heterocycles. The number of benzene rings is 1. The Hall–Kier alpha value is -1.26. The lowest BCUT2D eigenvalue weighted by Crippen LogP contribution is -2.38. The van der Waals surface area contributed by atoms with Crippen LogP contribution in [0, 0.1) is 0 Å². The molecule has 1 unspecified atom stereocenters. The van der Waals surface area contributed by atoms with Crippen LogP contribution < -0.4 is 5.32 Å². The van der Waals surface area contributed by atoms with Gasteiger partial charge in [0, 0.05) is 23.4 Å². The highest BCUT2D eigenvalue weighted by molar-refractivity contribution is 7.99. The minimum absolute atomic E-state index is 0.0575. The molecule has 1 N–H and O–H groups in total. The van der Waals surface area contributed by atoms with Crippen molar-refractivity contribution in [3.05, 3.63) is 41.2 Å². The number of fused-ring (bicyclic) bond motifs is 1. The molecule has 3 rings (SSSR count). The number of thioether (sulfide) groups is 1. The number of halogens is 1. The van der Waals surface area contributed by atoms with Gasteiger partial charge in [0.15, 0.2) is 0 Å². The molecule has 5 heteroatoms. The van der Waals surface area contributed by atoms with Gasteiger partial charge >= 0.3 is 0 Å². The van der Waals surface area contributed by atoms with Crippen molar-refractivity contribution in [1.29, 1.82) is 0 Å². The zero-order chi connectivity index (χ0) is 13.9. The highest BCUT2D eigenvalue weighted by Gasteiger charge is 2.19. The maximum atomic E-state index is 12.4. The van der Waals surface area contributed by atoms with Crippen LogP contribution in [0.4, 0.5) is 0 Å². The van der Waals surface area contributed by atoms with Crippen molar-refractivity contribution in [3.8, 4) is 0 Å². The van der Waals surface area contributed by atoms with Crippen molar-refractivity contribution in [3.63, 3.8) is 0 Å². The van der Waals surface area contributed by atoms with Crippen molar-refractivity contribution in [2.45, 2.75) is 18.9 Å². The number of hydrogen-bond donors (Lipinski definition) is 1. The van der Waals surface area contributed by atoms with Crippen LogP contribution >= 0.6 is 23.4 Å². The fraction of sp³-hybridized carbons (Fsp3) is 0.333. The highest BCUT2D eigenvalue weighted by atomic mass is 35.5. The van der Waals surface area contributed by atoms with Crippen molar-refractivity contribution < 1.29 is 4.79 Å². The van der Waals surface area contributed by atoms with E-state index in [1.807, 2.05) is 36.0 Å².